The number of para-hydroxylation sites is 1. The summed E-state index contributed by atoms with van der Waals surface area (Å²) in [5, 5.41) is 13.6. The van der Waals surface area contributed by atoms with E-state index in [1.165, 1.54) is 0 Å². The number of halogens is 1. The predicted octanol–water partition coefficient (Wildman–Crippen LogP) is 3.17. The van der Waals surface area contributed by atoms with Crippen LogP contribution >= 0.6 is 0 Å². The summed E-state index contributed by atoms with van der Waals surface area (Å²) >= 11 is 0. The van der Waals surface area contributed by atoms with Crippen molar-refractivity contribution in [3.63, 3.8) is 0 Å². The highest BCUT2D eigenvalue weighted by Gasteiger charge is 2.11. The van der Waals surface area contributed by atoms with Crippen molar-refractivity contribution in [3.8, 4) is 0 Å². The summed E-state index contributed by atoms with van der Waals surface area (Å²) in [6.45, 7) is 0. The number of aromatic carboxylic acids is 1. The molecule has 0 aliphatic carbocycles. The molecule has 2 amide bonds. The Bertz CT molecular complexity index is 644. The van der Waals surface area contributed by atoms with Gasteiger partial charge < -0.3 is 15.7 Å². The topological polar surface area (TPSA) is 78.4 Å². The van der Waals surface area contributed by atoms with Gasteiger partial charge in [-0.05, 0) is 30.3 Å². The van der Waals surface area contributed by atoms with Crippen LogP contribution in [-0.2, 0) is 0 Å². The van der Waals surface area contributed by atoms with Crippen LogP contribution < -0.4 is 10.6 Å². The molecule has 5 nitrogen and oxygen atoms in total. The van der Waals surface area contributed by atoms with Crippen LogP contribution in [0.2, 0.25) is 0 Å². The van der Waals surface area contributed by atoms with E-state index in [9.17, 15) is 14.0 Å². The highest BCUT2D eigenvalue weighted by Crippen LogP contribution is 2.17. The molecule has 0 atom stereocenters. The first kappa shape index (κ1) is 13.5. The molecule has 0 aliphatic heterocycles. The lowest BCUT2D eigenvalue weighted by atomic mass is 10.2. The molecule has 2 aromatic carbocycles. The molecule has 0 bridgehead atoms. The van der Waals surface area contributed by atoms with E-state index in [2.05, 4.69) is 10.6 Å². The normalized spacial score (nSPS) is 9.85. The Hall–Kier alpha value is -2.89. The van der Waals surface area contributed by atoms with Gasteiger partial charge in [0.25, 0.3) is 0 Å². The molecule has 0 unspecified atom stereocenters. The summed E-state index contributed by atoms with van der Waals surface area (Å²) in [4.78, 5) is 22.5. The molecule has 3 N–H and O–H groups in total. The lowest BCUT2D eigenvalue weighted by Gasteiger charge is -2.09. The number of carbonyl (C=O) groups is 2. The molecule has 2 aromatic rings. The Balaban J connectivity index is 2.11. The molecule has 102 valence electrons. The highest BCUT2D eigenvalue weighted by molar-refractivity contribution is 6.00. The second-order valence-electron chi connectivity index (χ2n) is 3.94. The molecule has 0 spiro atoms. The maximum atomic E-state index is 13.5. The summed E-state index contributed by atoms with van der Waals surface area (Å²) < 4.78 is 13.5. The van der Waals surface area contributed by atoms with Crippen LogP contribution in [0.4, 0.5) is 20.6 Å². The molecular formula is C14H11FN2O3. The van der Waals surface area contributed by atoms with E-state index in [0.717, 1.165) is 18.2 Å². The van der Waals surface area contributed by atoms with Gasteiger partial charge in [0.05, 0.1) is 11.3 Å². The van der Waals surface area contributed by atoms with E-state index in [-0.39, 0.29) is 11.3 Å². The van der Waals surface area contributed by atoms with Gasteiger partial charge in [-0.1, -0.05) is 18.2 Å². The number of nitrogens with one attached hydrogen (secondary N) is 2. The fraction of sp³-hybridized carbons (Fsp3) is 0. The van der Waals surface area contributed by atoms with Gasteiger partial charge in [-0.15, -0.1) is 0 Å². The molecule has 20 heavy (non-hydrogen) atoms. The maximum absolute atomic E-state index is 13.5. The minimum absolute atomic E-state index is 0.110. The Morgan fingerprint density at radius 1 is 1.00 bits per heavy atom. The fourth-order valence-corrected chi connectivity index (χ4v) is 1.56. The zero-order valence-corrected chi connectivity index (χ0v) is 10.3. The molecule has 0 saturated heterocycles. The number of amides is 2. The number of anilines is 2. The maximum Gasteiger partial charge on any atom is 0.335 e. The van der Waals surface area contributed by atoms with Gasteiger partial charge in [0.15, 0.2) is 0 Å². The first-order chi connectivity index (χ1) is 9.56. The molecular weight excluding hydrogens is 263 g/mol. The van der Waals surface area contributed by atoms with Crippen molar-refractivity contribution >= 4 is 23.4 Å². The van der Waals surface area contributed by atoms with E-state index < -0.39 is 17.8 Å². The number of carboxylic acid groups (broad SMARTS) is 1. The van der Waals surface area contributed by atoms with Gasteiger partial charge in [0.1, 0.15) is 5.82 Å². The Labute approximate surface area is 114 Å². The lowest BCUT2D eigenvalue weighted by molar-refractivity contribution is 0.0697. The number of rotatable bonds is 3. The second-order valence-corrected chi connectivity index (χ2v) is 3.94. The third kappa shape index (κ3) is 3.32. The Morgan fingerprint density at radius 2 is 1.70 bits per heavy atom. The first-order valence-electron chi connectivity index (χ1n) is 5.72. The minimum atomic E-state index is -1.20. The van der Waals surface area contributed by atoms with Gasteiger partial charge in [-0.25, -0.2) is 14.0 Å². The van der Waals surface area contributed by atoms with Crippen LogP contribution in [-0.4, -0.2) is 17.1 Å². The fourth-order valence-electron chi connectivity index (χ4n) is 1.56. The monoisotopic (exact) mass is 274 g/mol. The van der Waals surface area contributed by atoms with Crippen LogP contribution in [0.15, 0.2) is 48.5 Å². The van der Waals surface area contributed by atoms with Gasteiger partial charge in [0, 0.05) is 5.69 Å². The van der Waals surface area contributed by atoms with Gasteiger partial charge in [-0.2, -0.15) is 0 Å². The van der Waals surface area contributed by atoms with E-state index in [1.807, 2.05) is 0 Å². The smallest absolute Gasteiger partial charge is 0.335 e. The molecule has 0 heterocycles. The van der Waals surface area contributed by atoms with Crippen LogP contribution in [0.5, 0.6) is 0 Å². The summed E-state index contributed by atoms with van der Waals surface area (Å²) in [5.74, 6) is -1.91. The summed E-state index contributed by atoms with van der Waals surface area (Å²) in [7, 11) is 0. The highest BCUT2D eigenvalue weighted by atomic mass is 19.1. The van der Waals surface area contributed by atoms with Gasteiger partial charge in [0.2, 0.25) is 0 Å². The number of carbonyl (C=O) groups excluding carboxylic acids is 1. The van der Waals surface area contributed by atoms with Crippen molar-refractivity contribution < 1.29 is 19.1 Å². The van der Waals surface area contributed by atoms with Gasteiger partial charge in [-0.3, -0.25) is 0 Å². The van der Waals surface area contributed by atoms with Crippen LogP contribution in [0.25, 0.3) is 0 Å². The van der Waals surface area contributed by atoms with Crippen molar-refractivity contribution in [3.05, 3.63) is 59.9 Å². The standard InChI is InChI=1S/C14H11FN2O3/c15-11-7-6-9(13(18)19)8-12(11)17-14(20)16-10-4-2-1-3-5-10/h1-8H,(H,18,19)(H2,16,17,20). The van der Waals surface area contributed by atoms with Crippen molar-refractivity contribution in [2.45, 2.75) is 0 Å². The van der Waals surface area contributed by atoms with Crippen LogP contribution in [0, 0.1) is 5.82 Å². The molecule has 6 heteroatoms. The molecule has 0 aliphatic rings. The van der Waals surface area contributed by atoms with E-state index in [1.54, 1.807) is 30.3 Å². The Kier molecular flexibility index (Phi) is 3.95. The number of benzene rings is 2. The summed E-state index contributed by atoms with van der Waals surface area (Å²) in [5.41, 5.74) is 0.236. The molecule has 0 saturated carbocycles. The number of urea groups is 1. The quantitative estimate of drug-likeness (QED) is 0.804. The average Bonchev–Trinajstić information content (AvgIpc) is 2.42. The summed E-state index contributed by atoms with van der Waals surface area (Å²) in [6.07, 6.45) is 0. The SMILES string of the molecule is O=C(Nc1ccccc1)Nc1cc(C(=O)O)ccc1F. The van der Waals surface area contributed by atoms with Crippen LogP contribution in [0.3, 0.4) is 0 Å². The number of hydrogen-bond donors (Lipinski definition) is 3. The first-order valence-corrected chi connectivity index (χ1v) is 5.72. The van der Waals surface area contributed by atoms with E-state index in [0.29, 0.717) is 5.69 Å². The Morgan fingerprint density at radius 3 is 2.35 bits per heavy atom. The van der Waals surface area contributed by atoms with Crippen molar-refractivity contribution in [1.29, 1.82) is 0 Å². The van der Waals surface area contributed by atoms with Crippen molar-refractivity contribution in [2.24, 2.45) is 0 Å². The van der Waals surface area contributed by atoms with Gasteiger partial charge >= 0.3 is 12.0 Å². The average molecular weight is 274 g/mol. The minimum Gasteiger partial charge on any atom is -0.478 e. The second kappa shape index (κ2) is 5.83. The predicted molar refractivity (Wildman–Crippen MR) is 72.4 cm³/mol. The zero-order valence-electron chi connectivity index (χ0n) is 10.3. The van der Waals surface area contributed by atoms with E-state index in [4.69, 9.17) is 5.11 Å². The third-order valence-corrected chi connectivity index (χ3v) is 2.49. The molecule has 0 aromatic heterocycles. The lowest BCUT2D eigenvalue weighted by Crippen LogP contribution is -2.20. The third-order valence-electron chi connectivity index (χ3n) is 2.49. The largest absolute Gasteiger partial charge is 0.478 e. The zero-order chi connectivity index (χ0) is 14.5. The van der Waals surface area contributed by atoms with Crippen molar-refractivity contribution in [2.75, 3.05) is 10.6 Å². The molecule has 2 rings (SSSR count). The summed E-state index contributed by atoms with van der Waals surface area (Å²) in [6, 6.07) is 11.1. The number of carboxylic acids is 1. The molecule has 0 radical (unpaired) electrons. The van der Waals surface area contributed by atoms with Crippen molar-refractivity contribution in [1.82, 2.24) is 0 Å². The molecule has 0 fully saturated rings. The van der Waals surface area contributed by atoms with E-state index >= 15 is 0 Å². The number of hydrogen-bond acceptors (Lipinski definition) is 2. The van der Waals surface area contributed by atoms with Crippen LogP contribution in [0.1, 0.15) is 10.4 Å².